The van der Waals surface area contributed by atoms with E-state index in [0.717, 1.165) is 38.9 Å². The third-order valence-corrected chi connectivity index (χ3v) is 14.3. The van der Waals surface area contributed by atoms with Crippen molar-refractivity contribution < 1.29 is 4.42 Å². The van der Waals surface area contributed by atoms with Gasteiger partial charge in [-0.1, -0.05) is 163 Å². The van der Waals surface area contributed by atoms with Gasteiger partial charge in [0.15, 0.2) is 0 Å². The van der Waals surface area contributed by atoms with Gasteiger partial charge >= 0.3 is 0 Å². The highest BCUT2D eigenvalue weighted by molar-refractivity contribution is 6.19. The first kappa shape index (κ1) is 34.4. The van der Waals surface area contributed by atoms with Crippen LogP contribution in [-0.4, -0.2) is 0 Å². The summed E-state index contributed by atoms with van der Waals surface area (Å²) in [4.78, 5) is 2.58. The molecule has 3 aliphatic carbocycles. The molecule has 0 aliphatic heterocycles. The van der Waals surface area contributed by atoms with Gasteiger partial charge in [0.1, 0.15) is 11.2 Å². The normalized spacial score (nSPS) is 15.7. The molecule has 2 nitrogen and oxygen atoms in total. The van der Waals surface area contributed by atoms with E-state index in [1.165, 1.54) is 78.0 Å². The Kier molecular flexibility index (Phi) is 6.84. The first-order chi connectivity index (χ1) is 28.5. The van der Waals surface area contributed by atoms with Crippen molar-refractivity contribution in [3.05, 3.63) is 197 Å². The molecule has 284 valence electrons. The second kappa shape index (κ2) is 11.7. The van der Waals surface area contributed by atoms with Gasteiger partial charge in [-0.25, -0.2) is 0 Å². The highest BCUT2D eigenvalue weighted by Crippen LogP contribution is 2.60. The Morgan fingerprint density at radius 1 is 0.373 bits per heavy atom. The Morgan fingerprint density at radius 3 is 1.46 bits per heavy atom. The fourth-order valence-corrected chi connectivity index (χ4v) is 11.2. The van der Waals surface area contributed by atoms with Crippen molar-refractivity contribution in [3.63, 3.8) is 0 Å². The minimum Gasteiger partial charge on any atom is -0.456 e. The van der Waals surface area contributed by atoms with E-state index in [1.807, 2.05) is 0 Å². The summed E-state index contributed by atoms with van der Waals surface area (Å²) in [5, 5.41) is 2.25. The third kappa shape index (κ3) is 4.58. The lowest BCUT2D eigenvalue weighted by Gasteiger charge is -2.32. The lowest BCUT2D eigenvalue weighted by molar-refractivity contribution is 0.647. The van der Waals surface area contributed by atoms with Crippen molar-refractivity contribution >= 4 is 39.0 Å². The number of nitrogens with zero attached hydrogens (tertiary/aromatic N) is 1. The van der Waals surface area contributed by atoms with E-state index >= 15 is 0 Å². The minimum atomic E-state index is -0.238. The summed E-state index contributed by atoms with van der Waals surface area (Å²) in [6, 6.07) is 61.1. The van der Waals surface area contributed by atoms with Crippen LogP contribution in [0.2, 0.25) is 0 Å². The van der Waals surface area contributed by atoms with Crippen LogP contribution in [0.4, 0.5) is 17.1 Å². The fraction of sp³-hybridized carbons (Fsp3) is 0.158. The molecule has 0 bridgehead atoms. The molecule has 3 aliphatic rings. The Bertz CT molecular complexity index is 3140. The van der Waals surface area contributed by atoms with Crippen LogP contribution in [0.3, 0.4) is 0 Å². The maximum Gasteiger partial charge on any atom is 0.137 e. The predicted molar refractivity (Wildman–Crippen MR) is 247 cm³/mol. The molecule has 0 atom stereocenters. The van der Waals surface area contributed by atoms with Gasteiger partial charge in [-0.3, -0.25) is 0 Å². The van der Waals surface area contributed by atoms with E-state index in [9.17, 15) is 0 Å². The molecule has 0 spiro atoms. The van der Waals surface area contributed by atoms with Crippen molar-refractivity contribution in [2.24, 2.45) is 0 Å². The Labute approximate surface area is 346 Å². The van der Waals surface area contributed by atoms with Gasteiger partial charge in [-0.05, 0) is 115 Å². The summed E-state index contributed by atoms with van der Waals surface area (Å²) < 4.78 is 7.07. The van der Waals surface area contributed by atoms with E-state index in [2.05, 4.69) is 210 Å². The van der Waals surface area contributed by atoms with Crippen LogP contribution >= 0.6 is 0 Å². The highest BCUT2D eigenvalue weighted by Gasteiger charge is 2.42. The molecule has 1 aromatic heterocycles. The number of hydrogen-bond donors (Lipinski definition) is 0. The van der Waals surface area contributed by atoms with Crippen LogP contribution in [-0.2, 0) is 16.2 Å². The molecule has 0 fully saturated rings. The first-order valence-corrected chi connectivity index (χ1v) is 21.0. The van der Waals surface area contributed by atoms with E-state index in [1.54, 1.807) is 0 Å². The highest BCUT2D eigenvalue weighted by atomic mass is 16.3. The predicted octanol–water partition coefficient (Wildman–Crippen LogP) is 15.6. The summed E-state index contributed by atoms with van der Waals surface area (Å²) in [5.41, 5.74) is 23.0. The Morgan fingerprint density at radius 2 is 0.864 bits per heavy atom. The summed E-state index contributed by atoms with van der Waals surface area (Å²) >= 11 is 0. The summed E-state index contributed by atoms with van der Waals surface area (Å²) in [6.45, 7) is 14.3. The van der Waals surface area contributed by atoms with Gasteiger partial charge < -0.3 is 9.32 Å². The smallest absolute Gasteiger partial charge is 0.137 e. The number of rotatable bonds is 4. The van der Waals surface area contributed by atoms with E-state index in [-0.39, 0.29) is 16.2 Å². The number of furan rings is 1. The van der Waals surface area contributed by atoms with Crippen LogP contribution in [0.5, 0.6) is 0 Å². The molecular formula is C57H45NO. The zero-order valence-corrected chi connectivity index (χ0v) is 34.4. The van der Waals surface area contributed by atoms with Crippen molar-refractivity contribution in [2.45, 2.75) is 57.8 Å². The average Bonchev–Trinajstić information content (AvgIpc) is 3.89. The van der Waals surface area contributed by atoms with Crippen LogP contribution in [0, 0.1) is 0 Å². The van der Waals surface area contributed by atoms with Gasteiger partial charge in [0, 0.05) is 38.6 Å². The first-order valence-electron chi connectivity index (χ1n) is 21.0. The number of hydrogen-bond acceptors (Lipinski definition) is 2. The fourth-order valence-electron chi connectivity index (χ4n) is 11.2. The lowest BCUT2D eigenvalue weighted by atomic mass is 9.81. The number of benzene rings is 8. The van der Waals surface area contributed by atoms with Gasteiger partial charge in [0.2, 0.25) is 0 Å². The summed E-state index contributed by atoms with van der Waals surface area (Å²) in [7, 11) is 0. The van der Waals surface area contributed by atoms with E-state index < -0.39 is 0 Å². The van der Waals surface area contributed by atoms with E-state index in [4.69, 9.17) is 4.42 Å². The van der Waals surface area contributed by atoms with Crippen LogP contribution in [0.1, 0.15) is 74.9 Å². The summed E-state index contributed by atoms with van der Waals surface area (Å²) in [5.74, 6) is 0. The largest absolute Gasteiger partial charge is 0.456 e. The number of fused-ring (bicyclic) bond motifs is 12. The second-order valence-corrected chi connectivity index (χ2v) is 18.5. The zero-order chi connectivity index (χ0) is 40.0. The van der Waals surface area contributed by atoms with Crippen molar-refractivity contribution in [2.75, 3.05) is 4.90 Å². The van der Waals surface area contributed by atoms with Crippen molar-refractivity contribution in [1.29, 1.82) is 0 Å². The Hall–Kier alpha value is -6.64. The van der Waals surface area contributed by atoms with E-state index in [0.29, 0.717) is 0 Å². The average molecular weight is 760 g/mol. The molecule has 1 heterocycles. The second-order valence-electron chi connectivity index (χ2n) is 18.5. The topological polar surface area (TPSA) is 16.4 Å². The van der Waals surface area contributed by atoms with Gasteiger partial charge in [-0.15, -0.1) is 0 Å². The van der Waals surface area contributed by atoms with Crippen LogP contribution in [0.15, 0.2) is 168 Å². The monoisotopic (exact) mass is 759 g/mol. The summed E-state index contributed by atoms with van der Waals surface area (Å²) in [6.07, 6.45) is 0. The maximum absolute atomic E-state index is 7.07. The van der Waals surface area contributed by atoms with Gasteiger partial charge in [0.05, 0.1) is 11.1 Å². The Balaban J connectivity index is 1.20. The zero-order valence-electron chi connectivity index (χ0n) is 34.4. The van der Waals surface area contributed by atoms with Crippen molar-refractivity contribution in [3.8, 4) is 44.5 Å². The lowest BCUT2D eigenvalue weighted by Crippen LogP contribution is -2.19. The molecule has 2 heteroatoms. The molecule has 12 rings (SSSR count). The molecule has 8 aromatic carbocycles. The number of anilines is 3. The third-order valence-electron chi connectivity index (χ3n) is 14.3. The molecule has 0 unspecified atom stereocenters. The molecule has 0 amide bonds. The van der Waals surface area contributed by atoms with Gasteiger partial charge in [-0.2, -0.15) is 0 Å². The molecular weight excluding hydrogens is 715 g/mol. The molecule has 0 N–H and O–H groups in total. The molecule has 9 aromatic rings. The molecule has 0 radical (unpaired) electrons. The van der Waals surface area contributed by atoms with Gasteiger partial charge in [0.25, 0.3) is 0 Å². The maximum atomic E-state index is 7.07. The van der Waals surface area contributed by atoms with Crippen LogP contribution in [0.25, 0.3) is 66.4 Å². The van der Waals surface area contributed by atoms with Crippen LogP contribution < -0.4 is 4.90 Å². The molecule has 0 saturated heterocycles. The quantitative estimate of drug-likeness (QED) is 0.178. The SMILES string of the molecule is CC1(C)c2ccccc2-c2ccc(N(c3ccc4c(c3)C(C)(C)c3ccccc3-4)c3c4c(cc5oc6cc(-c7ccccc7)ccc6c35)C(C)(C)c3ccccc3-4)cc21. The van der Waals surface area contributed by atoms with Crippen molar-refractivity contribution in [1.82, 2.24) is 0 Å². The molecule has 59 heavy (non-hydrogen) atoms. The minimum absolute atomic E-state index is 0.159. The molecule has 0 saturated carbocycles. The standard InChI is InChI=1S/C57H45NO/c1-55(2)44-21-13-10-18-38(44)40-28-25-36(31-47(40)55)58(37-26-29-41-39-19-11-14-22-45(39)56(3,4)48(41)32-37)54-52-42-20-12-15-23-46(42)57(5,6)49(52)33-51-53(54)43-27-24-35(30-50(43)59-51)34-16-8-7-9-17-34/h7-33H,1-6H3.